The molecule has 1 aromatic heterocycles. The van der Waals surface area contributed by atoms with Gasteiger partial charge in [-0.2, -0.15) is 18.2 Å². The van der Waals surface area contributed by atoms with Crippen LogP contribution in [0, 0.1) is 0 Å². The van der Waals surface area contributed by atoms with Crippen molar-refractivity contribution in [1.29, 1.82) is 0 Å². The molecule has 0 aliphatic carbocycles. The topological polar surface area (TPSA) is 71.7 Å². The third-order valence-corrected chi connectivity index (χ3v) is 4.67. The molecule has 10 heteroatoms. The molecule has 29 heavy (non-hydrogen) atoms. The predicted octanol–water partition coefficient (Wildman–Crippen LogP) is 2.80. The number of rotatable bonds is 9. The molecule has 1 aromatic rings. The highest BCUT2D eigenvalue weighted by Crippen LogP contribution is 2.19. The van der Waals surface area contributed by atoms with Gasteiger partial charge in [0.05, 0.1) is 0 Å². The third kappa shape index (κ3) is 8.69. The maximum Gasteiger partial charge on any atom is 0.411 e. The Labute approximate surface area is 169 Å². The molecule has 1 saturated heterocycles. The van der Waals surface area contributed by atoms with Gasteiger partial charge in [0, 0.05) is 57.6 Å². The van der Waals surface area contributed by atoms with E-state index in [-0.39, 0.29) is 17.9 Å². The lowest BCUT2D eigenvalue weighted by molar-refractivity contribution is -0.174. The number of alkyl halides is 3. The largest absolute Gasteiger partial charge is 0.411 e. The van der Waals surface area contributed by atoms with Gasteiger partial charge in [-0.1, -0.05) is 25.9 Å². The molecular formula is C19H31F3N4O3. The molecule has 1 amide bonds. The Morgan fingerprint density at radius 2 is 1.83 bits per heavy atom. The van der Waals surface area contributed by atoms with E-state index in [0.717, 1.165) is 13.1 Å². The molecule has 0 spiro atoms. The van der Waals surface area contributed by atoms with Crippen molar-refractivity contribution in [1.82, 2.24) is 19.9 Å². The lowest BCUT2D eigenvalue weighted by Crippen LogP contribution is -2.48. The smallest absolute Gasteiger partial charge is 0.372 e. The van der Waals surface area contributed by atoms with E-state index in [9.17, 15) is 18.0 Å². The second kappa shape index (κ2) is 10.4. The second-order valence-corrected chi connectivity index (χ2v) is 8.36. The second-order valence-electron chi connectivity index (χ2n) is 8.36. The van der Waals surface area contributed by atoms with Gasteiger partial charge in [-0.25, -0.2) is 0 Å². The number of hydrogen-bond donors (Lipinski definition) is 0. The normalized spacial score (nSPS) is 16.4. The van der Waals surface area contributed by atoms with Crippen LogP contribution < -0.4 is 0 Å². The molecular weight excluding hydrogens is 389 g/mol. The van der Waals surface area contributed by atoms with Crippen molar-refractivity contribution in [3.8, 4) is 0 Å². The first-order valence-corrected chi connectivity index (χ1v) is 10.0. The van der Waals surface area contributed by atoms with Gasteiger partial charge in [0.15, 0.2) is 5.82 Å². The molecule has 0 aromatic carbocycles. The summed E-state index contributed by atoms with van der Waals surface area (Å²) in [6.45, 7) is 8.33. The number of carbonyl (C=O) groups excluding carboxylic acids is 1. The maximum atomic E-state index is 12.4. The lowest BCUT2D eigenvalue weighted by atomic mass is 9.96. The molecule has 166 valence electrons. The number of nitrogens with zero attached hydrogens (tertiary/aromatic N) is 4. The fourth-order valence-corrected chi connectivity index (χ4v) is 3.01. The minimum absolute atomic E-state index is 0.0885. The fourth-order valence-electron chi connectivity index (χ4n) is 3.01. The van der Waals surface area contributed by atoms with Crippen molar-refractivity contribution in [2.75, 3.05) is 45.9 Å². The molecule has 1 aliphatic heterocycles. The molecule has 0 N–H and O–H groups in total. The Morgan fingerprint density at radius 3 is 2.41 bits per heavy atom. The summed E-state index contributed by atoms with van der Waals surface area (Å²) in [6.07, 6.45) is -2.07. The predicted molar refractivity (Wildman–Crippen MR) is 100 cm³/mol. The quantitative estimate of drug-likeness (QED) is 0.572. The van der Waals surface area contributed by atoms with Crippen LogP contribution in [-0.2, 0) is 21.4 Å². The van der Waals surface area contributed by atoms with Crippen LogP contribution in [0.5, 0.6) is 0 Å². The first-order valence-electron chi connectivity index (χ1n) is 10.0. The summed E-state index contributed by atoms with van der Waals surface area (Å²) in [5.41, 5.74) is -0.165. The van der Waals surface area contributed by atoms with E-state index >= 15 is 0 Å². The van der Waals surface area contributed by atoms with Crippen LogP contribution >= 0.6 is 0 Å². The Balaban J connectivity index is 1.58. The summed E-state index contributed by atoms with van der Waals surface area (Å²) < 4.78 is 45.9. The van der Waals surface area contributed by atoms with Gasteiger partial charge in [-0.15, -0.1) is 0 Å². The van der Waals surface area contributed by atoms with Crippen molar-refractivity contribution in [2.24, 2.45) is 0 Å². The average Bonchev–Trinajstić information content (AvgIpc) is 3.10. The van der Waals surface area contributed by atoms with E-state index < -0.39 is 12.8 Å². The fraction of sp³-hybridized carbons (Fsp3) is 0.842. The lowest BCUT2D eigenvalue weighted by Gasteiger charge is -2.34. The van der Waals surface area contributed by atoms with Crippen molar-refractivity contribution in [3.63, 3.8) is 0 Å². The summed E-state index contributed by atoms with van der Waals surface area (Å²) in [5, 5.41) is 3.98. The summed E-state index contributed by atoms with van der Waals surface area (Å²) in [7, 11) is 0. The van der Waals surface area contributed by atoms with Crippen molar-refractivity contribution in [2.45, 2.75) is 58.0 Å². The van der Waals surface area contributed by atoms with E-state index in [4.69, 9.17) is 4.52 Å². The maximum absolute atomic E-state index is 12.4. The van der Waals surface area contributed by atoms with E-state index in [2.05, 4.69) is 19.8 Å². The standard InChI is InChI=1S/C19H31F3N4O3/c1-18(2,3)17-23-15(29-24-17)6-4-7-16(27)26-11-9-25(10-12-26)8-5-13-28-14-19(20,21)22/h4-14H2,1-3H3. The van der Waals surface area contributed by atoms with Crippen LogP contribution in [0.15, 0.2) is 4.52 Å². The molecule has 0 radical (unpaired) electrons. The van der Waals surface area contributed by atoms with Crippen LogP contribution in [0.2, 0.25) is 0 Å². The van der Waals surface area contributed by atoms with E-state index in [0.29, 0.717) is 57.0 Å². The van der Waals surface area contributed by atoms with E-state index in [1.807, 2.05) is 25.7 Å². The third-order valence-electron chi connectivity index (χ3n) is 4.67. The monoisotopic (exact) mass is 420 g/mol. The Kier molecular flexibility index (Phi) is 8.45. The summed E-state index contributed by atoms with van der Waals surface area (Å²) in [5.74, 6) is 1.33. The van der Waals surface area contributed by atoms with E-state index in [1.165, 1.54) is 0 Å². The van der Waals surface area contributed by atoms with Crippen molar-refractivity contribution in [3.05, 3.63) is 11.7 Å². The first-order chi connectivity index (χ1) is 13.5. The molecule has 2 heterocycles. The SMILES string of the molecule is CC(C)(C)c1noc(CCCC(=O)N2CCN(CCCOCC(F)(F)F)CC2)n1. The van der Waals surface area contributed by atoms with Gasteiger partial charge < -0.3 is 14.2 Å². The number of aromatic nitrogens is 2. The molecule has 0 unspecified atom stereocenters. The number of amides is 1. The molecule has 1 aliphatic rings. The van der Waals surface area contributed by atoms with Crippen molar-refractivity contribution < 1.29 is 27.2 Å². The highest BCUT2D eigenvalue weighted by molar-refractivity contribution is 5.76. The molecule has 0 atom stereocenters. The van der Waals surface area contributed by atoms with Gasteiger partial charge in [-0.05, 0) is 12.8 Å². The van der Waals surface area contributed by atoms with Gasteiger partial charge in [0.2, 0.25) is 11.8 Å². The van der Waals surface area contributed by atoms with Gasteiger partial charge in [0.1, 0.15) is 6.61 Å². The number of hydrogen-bond acceptors (Lipinski definition) is 6. The minimum atomic E-state index is -4.27. The first kappa shape index (κ1) is 23.6. The summed E-state index contributed by atoms with van der Waals surface area (Å²) >= 11 is 0. The number of ether oxygens (including phenoxy) is 1. The number of aryl methyl sites for hydroxylation is 1. The zero-order chi connectivity index (χ0) is 21.5. The zero-order valence-electron chi connectivity index (χ0n) is 17.4. The Morgan fingerprint density at radius 1 is 1.14 bits per heavy atom. The number of carbonyl (C=O) groups is 1. The number of halogens is 3. The van der Waals surface area contributed by atoms with Crippen molar-refractivity contribution >= 4 is 5.91 Å². The van der Waals surface area contributed by atoms with Gasteiger partial charge in [0.25, 0.3) is 0 Å². The highest BCUT2D eigenvalue weighted by atomic mass is 19.4. The van der Waals surface area contributed by atoms with Crippen LogP contribution in [0.1, 0.15) is 51.7 Å². The van der Waals surface area contributed by atoms with Crippen LogP contribution in [-0.4, -0.2) is 78.0 Å². The van der Waals surface area contributed by atoms with Crippen LogP contribution in [0.4, 0.5) is 13.2 Å². The Hall–Kier alpha value is -1.68. The molecule has 2 rings (SSSR count). The van der Waals surface area contributed by atoms with E-state index in [1.54, 1.807) is 0 Å². The summed E-state index contributed by atoms with van der Waals surface area (Å²) in [6, 6.07) is 0. The van der Waals surface area contributed by atoms with Gasteiger partial charge >= 0.3 is 6.18 Å². The zero-order valence-corrected chi connectivity index (χ0v) is 17.4. The highest BCUT2D eigenvalue weighted by Gasteiger charge is 2.27. The Bertz CT molecular complexity index is 635. The van der Waals surface area contributed by atoms with Crippen LogP contribution in [0.3, 0.4) is 0 Å². The summed E-state index contributed by atoms with van der Waals surface area (Å²) in [4.78, 5) is 20.7. The average molecular weight is 420 g/mol. The molecule has 0 saturated carbocycles. The molecule has 7 nitrogen and oxygen atoms in total. The number of piperazine rings is 1. The molecule has 0 bridgehead atoms. The van der Waals surface area contributed by atoms with Crippen LogP contribution in [0.25, 0.3) is 0 Å². The minimum Gasteiger partial charge on any atom is -0.372 e. The molecule has 1 fully saturated rings. The van der Waals surface area contributed by atoms with Gasteiger partial charge in [-0.3, -0.25) is 9.69 Å².